The smallest absolute Gasteiger partial charge is 0.416 e. The van der Waals surface area contributed by atoms with E-state index in [1.165, 1.54) is 12.1 Å². The Morgan fingerprint density at radius 1 is 1.12 bits per heavy atom. The molecule has 140 valence electrons. The number of anilines is 1. The van der Waals surface area contributed by atoms with Crippen LogP contribution in [0.15, 0.2) is 41.3 Å². The van der Waals surface area contributed by atoms with Crippen molar-refractivity contribution in [2.45, 2.75) is 11.1 Å². The van der Waals surface area contributed by atoms with Crippen molar-refractivity contribution in [3.05, 3.63) is 57.6 Å². The lowest BCUT2D eigenvalue weighted by Crippen LogP contribution is -2.17. The lowest BCUT2D eigenvalue weighted by molar-refractivity contribution is -0.137. The number of carbonyl (C=O) groups excluding carboxylic acids is 1. The van der Waals surface area contributed by atoms with Gasteiger partial charge in [0, 0.05) is 5.02 Å². The first kappa shape index (κ1) is 20.3. The number of sulfonamides is 1. The van der Waals surface area contributed by atoms with Crippen LogP contribution >= 0.6 is 23.2 Å². The normalized spacial score (nSPS) is 11.9. The maximum Gasteiger partial charge on any atom is 0.416 e. The minimum absolute atomic E-state index is 0.0884. The minimum Gasteiger partial charge on any atom is -0.465 e. The predicted molar refractivity (Wildman–Crippen MR) is 90.1 cm³/mol. The molecule has 5 nitrogen and oxygen atoms in total. The molecule has 2 rings (SSSR count). The van der Waals surface area contributed by atoms with Gasteiger partial charge in [-0.25, -0.2) is 13.2 Å². The first-order valence-corrected chi connectivity index (χ1v) is 8.97. The molecule has 0 aliphatic carbocycles. The third-order valence-corrected chi connectivity index (χ3v) is 5.26. The number of nitrogens with one attached hydrogen (secondary N) is 1. The molecule has 0 unspecified atom stereocenters. The number of ether oxygens (including phenoxy) is 1. The van der Waals surface area contributed by atoms with Gasteiger partial charge >= 0.3 is 12.1 Å². The van der Waals surface area contributed by atoms with Crippen LogP contribution in [0.3, 0.4) is 0 Å². The van der Waals surface area contributed by atoms with Crippen molar-refractivity contribution in [3.8, 4) is 0 Å². The number of esters is 1. The fraction of sp³-hybridized carbons (Fsp3) is 0.133. The van der Waals surface area contributed by atoms with Crippen molar-refractivity contribution in [3.63, 3.8) is 0 Å². The third kappa shape index (κ3) is 4.40. The Morgan fingerprint density at radius 3 is 2.35 bits per heavy atom. The second-order valence-electron chi connectivity index (χ2n) is 4.93. The highest BCUT2D eigenvalue weighted by Gasteiger charge is 2.33. The molecule has 0 aliphatic heterocycles. The van der Waals surface area contributed by atoms with Crippen molar-refractivity contribution in [2.24, 2.45) is 0 Å². The number of benzene rings is 2. The maximum absolute atomic E-state index is 12.8. The van der Waals surface area contributed by atoms with Gasteiger partial charge in [-0.15, -0.1) is 0 Å². The Hall–Kier alpha value is -1.97. The van der Waals surface area contributed by atoms with Gasteiger partial charge < -0.3 is 4.74 Å². The van der Waals surface area contributed by atoms with Crippen LogP contribution in [0.1, 0.15) is 15.9 Å². The molecule has 0 heterocycles. The zero-order valence-electron chi connectivity index (χ0n) is 12.9. The fourth-order valence-electron chi connectivity index (χ4n) is 1.97. The molecule has 0 aromatic heterocycles. The van der Waals surface area contributed by atoms with Gasteiger partial charge in [-0.3, -0.25) is 4.72 Å². The lowest BCUT2D eigenvalue weighted by atomic mass is 10.2. The van der Waals surface area contributed by atoms with Crippen molar-refractivity contribution >= 4 is 44.9 Å². The summed E-state index contributed by atoms with van der Waals surface area (Å²) in [6, 6.07) is 5.52. The molecule has 2 aromatic carbocycles. The highest BCUT2D eigenvalue weighted by atomic mass is 35.5. The van der Waals surface area contributed by atoms with E-state index in [1.54, 1.807) is 0 Å². The summed E-state index contributed by atoms with van der Waals surface area (Å²) in [4.78, 5) is 10.9. The molecule has 0 atom stereocenters. The number of carbonyl (C=O) groups is 1. The standard InChI is InChI=1S/C15H10Cl2F3NO4S/c1-25-14(22)10-4-3-9(16)7-12(10)21-26(23,24)13-6-8(15(18,19)20)2-5-11(13)17/h2-7,21H,1H3. The Morgan fingerprint density at radius 2 is 1.77 bits per heavy atom. The minimum atomic E-state index is -4.76. The first-order valence-electron chi connectivity index (χ1n) is 6.73. The summed E-state index contributed by atoms with van der Waals surface area (Å²) in [5.74, 6) is -0.866. The van der Waals surface area contributed by atoms with E-state index in [0.29, 0.717) is 12.1 Å². The fourth-order valence-corrected chi connectivity index (χ4v) is 3.74. The highest BCUT2D eigenvalue weighted by molar-refractivity contribution is 7.92. The molecule has 0 saturated carbocycles. The second-order valence-corrected chi connectivity index (χ2v) is 7.42. The van der Waals surface area contributed by atoms with E-state index in [-0.39, 0.29) is 16.3 Å². The lowest BCUT2D eigenvalue weighted by Gasteiger charge is -2.14. The van der Waals surface area contributed by atoms with Crippen LogP contribution in [0, 0.1) is 0 Å². The van der Waals surface area contributed by atoms with E-state index in [4.69, 9.17) is 23.2 Å². The van der Waals surface area contributed by atoms with E-state index in [1.807, 2.05) is 4.72 Å². The molecule has 2 aromatic rings. The SMILES string of the molecule is COC(=O)c1ccc(Cl)cc1NS(=O)(=O)c1cc(C(F)(F)F)ccc1Cl. The monoisotopic (exact) mass is 427 g/mol. The van der Waals surface area contributed by atoms with Crippen molar-refractivity contribution in [2.75, 3.05) is 11.8 Å². The quantitative estimate of drug-likeness (QED) is 0.723. The molecule has 0 spiro atoms. The summed E-state index contributed by atoms with van der Waals surface area (Å²) in [6.07, 6.45) is -4.76. The number of methoxy groups -OCH3 is 1. The van der Waals surface area contributed by atoms with Gasteiger partial charge in [0.2, 0.25) is 0 Å². The van der Waals surface area contributed by atoms with Crippen molar-refractivity contribution in [1.82, 2.24) is 0 Å². The van der Waals surface area contributed by atoms with E-state index >= 15 is 0 Å². The first-order chi connectivity index (χ1) is 12.0. The third-order valence-electron chi connectivity index (χ3n) is 3.18. The van der Waals surface area contributed by atoms with Crippen LogP contribution < -0.4 is 4.72 Å². The number of hydrogen-bond acceptors (Lipinski definition) is 4. The summed E-state index contributed by atoms with van der Waals surface area (Å²) in [5, 5.41) is -0.336. The van der Waals surface area contributed by atoms with Gasteiger partial charge in [0.1, 0.15) is 4.90 Å². The van der Waals surface area contributed by atoms with Crippen LogP contribution in [-0.2, 0) is 20.9 Å². The number of hydrogen-bond donors (Lipinski definition) is 1. The Labute approximate surface area is 156 Å². The van der Waals surface area contributed by atoms with Gasteiger partial charge in [-0.1, -0.05) is 23.2 Å². The van der Waals surface area contributed by atoms with Crippen LogP contribution in [-0.4, -0.2) is 21.5 Å². The van der Waals surface area contributed by atoms with E-state index in [9.17, 15) is 26.4 Å². The van der Waals surface area contributed by atoms with Crippen LogP contribution in [0.25, 0.3) is 0 Å². The summed E-state index contributed by atoms with van der Waals surface area (Å²) < 4.78 is 70.1. The van der Waals surface area contributed by atoms with E-state index in [0.717, 1.165) is 19.2 Å². The molecule has 0 fully saturated rings. The average Bonchev–Trinajstić information content (AvgIpc) is 2.53. The summed E-state index contributed by atoms with van der Waals surface area (Å²) in [6.45, 7) is 0. The van der Waals surface area contributed by atoms with Crippen LogP contribution in [0.5, 0.6) is 0 Å². The van der Waals surface area contributed by atoms with Gasteiger partial charge in [0.15, 0.2) is 0 Å². The van der Waals surface area contributed by atoms with Gasteiger partial charge in [0.05, 0.1) is 28.9 Å². The summed E-state index contributed by atoms with van der Waals surface area (Å²) >= 11 is 11.5. The zero-order chi connectivity index (χ0) is 19.7. The molecule has 0 aliphatic rings. The van der Waals surface area contributed by atoms with Gasteiger partial charge in [0.25, 0.3) is 10.0 Å². The molecular formula is C15H10Cl2F3NO4S. The number of rotatable bonds is 4. The van der Waals surface area contributed by atoms with E-state index < -0.39 is 37.7 Å². The number of halogens is 5. The highest BCUT2D eigenvalue weighted by Crippen LogP contribution is 2.34. The molecule has 11 heteroatoms. The second kappa shape index (κ2) is 7.34. The zero-order valence-corrected chi connectivity index (χ0v) is 15.2. The molecule has 0 amide bonds. The van der Waals surface area contributed by atoms with Crippen LogP contribution in [0.2, 0.25) is 10.0 Å². The Kier molecular flexibility index (Phi) is 5.74. The summed E-state index contributed by atoms with van der Waals surface area (Å²) in [5.41, 5.74) is -1.64. The molecule has 1 N–H and O–H groups in total. The van der Waals surface area contributed by atoms with Crippen molar-refractivity contribution < 1.29 is 31.1 Å². The topological polar surface area (TPSA) is 72.5 Å². The number of alkyl halides is 3. The maximum atomic E-state index is 12.8. The van der Waals surface area contributed by atoms with Gasteiger partial charge in [-0.05, 0) is 36.4 Å². The Bertz CT molecular complexity index is 962. The van der Waals surface area contributed by atoms with Gasteiger partial charge in [-0.2, -0.15) is 13.2 Å². The largest absolute Gasteiger partial charge is 0.465 e. The molecule has 0 radical (unpaired) electrons. The molecule has 26 heavy (non-hydrogen) atoms. The van der Waals surface area contributed by atoms with E-state index in [2.05, 4.69) is 4.74 Å². The molecular weight excluding hydrogens is 418 g/mol. The average molecular weight is 428 g/mol. The predicted octanol–water partition coefficient (Wildman–Crippen LogP) is 4.60. The summed E-state index contributed by atoms with van der Waals surface area (Å²) in [7, 11) is -3.47. The molecule has 0 bridgehead atoms. The molecule has 0 saturated heterocycles. The Balaban J connectivity index is 2.54. The van der Waals surface area contributed by atoms with Crippen LogP contribution in [0.4, 0.5) is 18.9 Å². The van der Waals surface area contributed by atoms with Crippen molar-refractivity contribution in [1.29, 1.82) is 0 Å².